The number of hydrogen-bond donors (Lipinski definition) is 1. The van der Waals surface area contributed by atoms with Gasteiger partial charge in [0.2, 0.25) is 0 Å². The van der Waals surface area contributed by atoms with Crippen molar-refractivity contribution in [1.29, 1.82) is 0 Å². The first-order valence-corrected chi connectivity index (χ1v) is 7.01. The van der Waals surface area contributed by atoms with Crippen LogP contribution < -0.4 is 5.73 Å². The van der Waals surface area contributed by atoms with Crippen LogP contribution in [0.4, 0.5) is 0 Å². The van der Waals surface area contributed by atoms with Crippen molar-refractivity contribution < 1.29 is 0 Å². The van der Waals surface area contributed by atoms with E-state index in [1.54, 1.807) is 11.1 Å². The molecule has 0 aliphatic heterocycles. The number of fused-ring (bicyclic) bond motifs is 1. The normalized spacial score (nSPS) is 14.0. The minimum atomic E-state index is 0.649. The Morgan fingerprint density at radius 1 is 1.18 bits per heavy atom. The zero-order chi connectivity index (χ0) is 11.8. The van der Waals surface area contributed by atoms with Crippen LogP contribution in [0.1, 0.15) is 28.0 Å². The molecule has 2 heteroatoms. The summed E-state index contributed by atoms with van der Waals surface area (Å²) in [5, 5.41) is 0. The molecule has 0 radical (unpaired) electrons. The molecule has 0 amide bonds. The van der Waals surface area contributed by atoms with Crippen LogP contribution >= 0.6 is 11.3 Å². The molecule has 0 unspecified atom stereocenters. The second-order valence-corrected chi connectivity index (χ2v) is 5.90. The zero-order valence-corrected chi connectivity index (χ0v) is 10.9. The van der Waals surface area contributed by atoms with Crippen LogP contribution in [0.15, 0.2) is 24.3 Å². The van der Waals surface area contributed by atoms with Crippen LogP contribution in [0.25, 0.3) is 10.4 Å². The maximum atomic E-state index is 5.71. The molecule has 2 aromatic rings. The SMILES string of the molecule is Cc1cc(CN)sc1-c1ccc2c(c1)CCC2. The first-order valence-electron chi connectivity index (χ1n) is 6.19. The molecule has 1 heterocycles. The van der Waals surface area contributed by atoms with Gasteiger partial charge in [-0.25, -0.2) is 0 Å². The second kappa shape index (κ2) is 4.28. The molecule has 1 aromatic heterocycles. The smallest absolute Gasteiger partial charge is 0.0375 e. The lowest BCUT2D eigenvalue weighted by Crippen LogP contribution is -1.91. The predicted molar refractivity (Wildman–Crippen MR) is 74.4 cm³/mol. The van der Waals surface area contributed by atoms with Gasteiger partial charge < -0.3 is 5.73 Å². The number of aryl methyl sites for hydroxylation is 3. The number of hydrogen-bond acceptors (Lipinski definition) is 2. The van der Waals surface area contributed by atoms with Gasteiger partial charge in [0, 0.05) is 16.3 Å². The Hall–Kier alpha value is -1.12. The highest BCUT2D eigenvalue weighted by Crippen LogP contribution is 2.34. The lowest BCUT2D eigenvalue weighted by molar-refractivity contribution is 0.912. The van der Waals surface area contributed by atoms with E-state index in [9.17, 15) is 0 Å². The lowest BCUT2D eigenvalue weighted by atomic mass is 10.0. The third-order valence-electron chi connectivity index (χ3n) is 3.53. The van der Waals surface area contributed by atoms with Crippen molar-refractivity contribution in [2.24, 2.45) is 5.73 Å². The summed E-state index contributed by atoms with van der Waals surface area (Å²) in [7, 11) is 0. The fourth-order valence-electron chi connectivity index (χ4n) is 2.65. The van der Waals surface area contributed by atoms with Gasteiger partial charge in [-0.15, -0.1) is 11.3 Å². The summed E-state index contributed by atoms with van der Waals surface area (Å²) >= 11 is 1.83. The Bertz CT molecular complexity index is 554. The van der Waals surface area contributed by atoms with E-state index in [0.717, 1.165) is 0 Å². The molecule has 0 saturated heterocycles. The van der Waals surface area contributed by atoms with Gasteiger partial charge >= 0.3 is 0 Å². The third kappa shape index (κ3) is 1.92. The molecule has 88 valence electrons. The average Bonchev–Trinajstić information content (AvgIpc) is 2.93. The van der Waals surface area contributed by atoms with Crippen molar-refractivity contribution in [3.05, 3.63) is 45.8 Å². The Morgan fingerprint density at radius 3 is 2.76 bits per heavy atom. The summed E-state index contributed by atoms with van der Waals surface area (Å²) in [6, 6.07) is 9.16. The van der Waals surface area contributed by atoms with E-state index in [4.69, 9.17) is 5.73 Å². The number of nitrogens with two attached hydrogens (primary N) is 1. The molecule has 1 aliphatic carbocycles. The second-order valence-electron chi connectivity index (χ2n) is 4.77. The predicted octanol–water partition coefficient (Wildman–Crippen LogP) is 3.67. The van der Waals surface area contributed by atoms with E-state index < -0.39 is 0 Å². The highest BCUT2D eigenvalue weighted by atomic mass is 32.1. The van der Waals surface area contributed by atoms with Crippen LogP contribution in [0, 0.1) is 6.92 Å². The van der Waals surface area contributed by atoms with Crippen molar-refractivity contribution in [1.82, 2.24) is 0 Å². The van der Waals surface area contributed by atoms with E-state index in [-0.39, 0.29) is 0 Å². The first kappa shape index (κ1) is 11.0. The van der Waals surface area contributed by atoms with Crippen molar-refractivity contribution in [3.8, 4) is 10.4 Å². The lowest BCUT2D eigenvalue weighted by Gasteiger charge is -2.04. The van der Waals surface area contributed by atoms with Crippen LogP contribution in [-0.2, 0) is 19.4 Å². The van der Waals surface area contributed by atoms with E-state index in [0.29, 0.717) is 6.54 Å². The Balaban J connectivity index is 2.06. The molecule has 0 bridgehead atoms. The largest absolute Gasteiger partial charge is 0.326 e. The van der Waals surface area contributed by atoms with E-state index >= 15 is 0 Å². The van der Waals surface area contributed by atoms with Gasteiger partial charge in [-0.2, -0.15) is 0 Å². The monoisotopic (exact) mass is 243 g/mol. The number of benzene rings is 1. The Kier molecular flexibility index (Phi) is 2.77. The van der Waals surface area contributed by atoms with Gasteiger partial charge in [-0.1, -0.05) is 18.2 Å². The molecule has 17 heavy (non-hydrogen) atoms. The maximum absolute atomic E-state index is 5.71. The van der Waals surface area contributed by atoms with Crippen molar-refractivity contribution in [2.45, 2.75) is 32.7 Å². The standard InChI is InChI=1S/C15H17NS/c1-10-7-14(9-16)17-15(10)13-6-5-11-3-2-4-12(11)8-13/h5-8H,2-4,9,16H2,1H3. The van der Waals surface area contributed by atoms with Crippen LogP contribution in [0.2, 0.25) is 0 Å². The molecule has 0 atom stereocenters. The molecule has 2 N–H and O–H groups in total. The molecule has 0 spiro atoms. The fraction of sp³-hybridized carbons (Fsp3) is 0.333. The molecule has 1 nitrogen and oxygen atoms in total. The van der Waals surface area contributed by atoms with Gasteiger partial charge in [-0.3, -0.25) is 0 Å². The molecular formula is C15H17NS. The molecule has 3 rings (SSSR count). The Labute approximate surface area is 106 Å². The number of thiophene rings is 1. The van der Waals surface area contributed by atoms with Gasteiger partial charge in [0.05, 0.1) is 0 Å². The van der Waals surface area contributed by atoms with E-state index in [1.807, 2.05) is 11.3 Å². The van der Waals surface area contributed by atoms with Crippen molar-refractivity contribution in [2.75, 3.05) is 0 Å². The van der Waals surface area contributed by atoms with Crippen LogP contribution in [-0.4, -0.2) is 0 Å². The minimum absolute atomic E-state index is 0.649. The van der Waals surface area contributed by atoms with Gasteiger partial charge in [0.1, 0.15) is 0 Å². The topological polar surface area (TPSA) is 26.0 Å². The highest BCUT2D eigenvalue weighted by Gasteiger charge is 2.13. The van der Waals surface area contributed by atoms with E-state index in [1.165, 1.54) is 40.1 Å². The number of rotatable bonds is 2. The summed E-state index contributed by atoms with van der Waals surface area (Å²) in [6.07, 6.45) is 3.82. The van der Waals surface area contributed by atoms with E-state index in [2.05, 4.69) is 31.2 Å². The molecule has 0 fully saturated rings. The summed E-state index contributed by atoms with van der Waals surface area (Å²) < 4.78 is 0. The molecule has 0 saturated carbocycles. The molecular weight excluding hydrogens is 226 g/mol. The maximum Gasteiger partial charge on any atom is 0.0375 e. The zero-order valence-electron chi connectivity index (χ0n) is 10.1. The summed E-state index contributed by atoms with van der Waals surface area (Å²) in [4.78, 5) is 2.66. The summed E-state index contributed by atoms with van der Waals surface area (Å²) in [6.45, 7) is 2.83. The van der Waals surface area contributed by atoms with Crippen molar-refractivity contribution in [3.63, 3.8) is 0 Å². The average molecular weight is 243 g/mol. The fourth-order valence-corrected chi connectivity index (χ4v) is 3.69. The highest BCUT2D eigenvalue weighted by molar-refractivity contribution is 7.15. The van der Waals surface area contributed by atoms with Crippen molar-refractivity contribution >= 4 is 11.3 Å². The van der Waals surface area contributed by atoms with Crippen LogP contribution in [0.3, 0.4) is 0 Å². The summed E-state index contributed by atoms with van der Waals surface area (Å²) in [5.41, 5.74) is 11.5. The molecule has 1 aromatic carbocycles. The summed E-state index contributed by atoms with van der Waals surface area (Å²) in [5.74, 6) is 0. The molecule has 1 aliphatic rings. The Morgan fingerprint density at radius 2 is 2.00 bits per heavy atom. The first-order chi connectivity index (χ1) is 8.28. The minimum Gasteiger partial charge on any atom is -0.326 e. The quantitative estimate of drug-likeness (QED) is 0.855. The third-order valence-corrected chi connectivity index (χ3v) is 4.84. The van der Waals surface area contributed by atoms with Gasteiger partial charge in [0.15, 0.2) is 0 Å². The van der Waals surface area contributed by atoms with Gasteiger partial charge in [-0.05, 0) is 54.5 Å². The van der Waals surface area contributed by atoms with Crippen LogP contribution in [0.5, 0.6) is 0 Å². The van der Waals surface area contributed by atoms with Gasteiger partial charge in [0.25, 0.3) is 0 Å².